The Balaban J connectivity index is -0.00000000589. The molecule has 136 valence electrons. The summed E-state index contributed by atoms with van der Waals surface area (Å²) >= 11 is 0.750. The van der Waals surface area contributed by atoms with E-state index in [9.17, 15) is 0 Å². The minimum absolute atomic E-state index is 0. The third kappa shape index (κ3) is 1190000. The first-order valence-electron chi connectivity index (χ1n) is 1.57. The molecule has 0 amide bonds. The fourth-order valence-corrected chi connectivity index (χ4v) is 0. The molecule has 0 aromatic rings. The fraction of sp³-hybridized carbons (Fsp3) is 0. The Morgan fingerprint density at radius 1 is 0.600 bits per heavy atom. The van der Waals surface area contributed by atoms with Crippen LogP contribution in [0.2, 0.25) is 0 Å². The topological polar surface area (TPSA) is 424 Å². The molecule has 0 aromatic heterocycles. The fourth-order valence-electron chi connectivity index (χ4n) is 0. The van der Waals surface area contributed by atoms with Crippen LogP contribution in [0.15, 0.2) is 0 Å². The van der Waals surface area contributed by atoms with Crippen LogP contribution in [-0.2, 0) is 44.5 Å². The quantitative estimate of drug-likeness (QED) is 0.220. The summed E-state index contributed by atoms with van der Waals surface area (Å²) in [4.78, 5) is 0. The van der Waals surface area contributed by atoms with E-state index < -0.39 is 20.8 Å². The molecule has 0 radical (unpaired) electrons. The average Bonchev–Trinajstić information content (AvgIpc) is 1.59. The van der Waals surface area contributed by atoms with E-state index in [4.69, 9.17) is 38.4 Å². The summed E-state index contributed by atoms with van der Waals surface area (Å²) in [7, 11) is -9.83. The summed E-state index contributed by atoms with van der Waals surface area (Å²) in [5, 5.41) is 0. The Hall–Kier alpha value is -0.0657. The molecule has 0 rings (SSSR count). The van der Waals surface area contributed by atoms with Crippen LogP contribution in [0.3, 0.4) is 0 Å². The Morgan fingerprint density at radius 3 is 0.600 bits per heavy atom. The van der Waals surface area contributed by atoms with Gasteiger partial charge in [-0.15, -0.1) is 0 Å². The third-order valence-electron chi connectivity index (χ3n) is 0. The number of hydrogen-bond acceptors (Lipinski definition) is 7. The Morgan fingerprint density at radius 2 is 0.600 bits per heavy atom. The first kappa shape index (κ1) is 89.5. The molecule has 0 heterocycles. The second-order valence-corrected chi connectivity index (χ2v) is 2.57. The summed E-state index contributed by atoms with van der Waals surface area (Å²) in [6.07, 6.45) is 0. The van der Waals surface area contributed by atoms with Gasteiger partial charge in [0.15, 0.2) is 0 Å². The van der Waals surface area contributed by atoms with E-state index in [0.29, 0.717) is 0 Å². The Bertz CT molecular complexity index is 224. The van der Waals surface area contributed by atoms with Gasteiger partial charge in [0.25, 0.3) is 0 Å². The van der Waals surface area contributed by atoms with E-state index >= 15 is 0 Å². The standard InChI is InChI=1S/2H2O4S.8H2O.O.Ti/c2*1-5(2,3)4;;;;;;;;;;/h2*(H2,1,2,3,4);8*1H2;;/q;;;;;;;;;;;+2/p-2. The Labute approximate surface area is 124 Å². The summed E-state index contributed by atoms with van der Waals surface area (Å²) in [6.45, 7) is 0. The van der Waals surface area contributed by atoms with E-state index in [-0.39, 0.29) is 43.8 Å². The second kappa shape index (κ2) is 42.8. The van der Waals surface area contributed by atoms with Crippen molar-refractivity contribution in [3.63, 3.8) is 0 Å². The molecule has 0 bridgehead atoms. The molecule has 20 heavy (non-hydrogen) atoms. The van der Waals surface area contributed by atoms with E-state index in [1.54, 1.807) is 0 Å². The van der Waals surface area contributed by atoms with Crippen molar-refractivity contribution in [2.45, 2.75) is 0 Å². The zero-order valence-corrected chi connectivity index (χ0v) is 12.3. The maximum atomic E-state index is 8.74. The third-order valence-corrected chi connectivity index (χ3v) is 0. The van der Waals surface area contributed by atoms with Gasteiger partial charge in [-0.05, 0) is 0 Å². The van der Waals surface area contributed by atoms with Crippen LogP contribution in [0, 0.1) is 0 Å². The molecule has 17 nitrogen and oxygen atoms in total. The van der Waals surface area contributed by atoms with Crippen molar-refractivity contribution >= 4 is 20.8 Å². The van der Waals surface area contributed by atoms with Gasteiger partial charge in [0, 0.05) is 10.4 Å². The molecule has 0 aliphatic heterocycles. The van der Waals surface area contributed by atoms with Gasteiger partial charge in [-0.3, -0.25) is 17.5 Å². The van der Waals surface area contributed by atoms with Crippen molar-refractivity contribution in [3.8, 4) is 0 Å². The number of hydrogen-bond donors (Lipinski definition) is 2. The molecule has 20 heteroatoms. The van der Waals surface area contributed by atoms with Gasteiger partial charge in [-0.25, -0.2) is 0 Å². The minimum atomic E-state index is -5.17. The maximum absolute atomic E-state index is 8.74. The zero-order valence-electron chi connectivity index (χ0n) is 9.07. The molecule has 0 saturated carbocycles. The SMILES string of the molecule is O.O.O.O.O.O.O.O.O=S(=O)(O)O.O=S(=O)([O-])[O-].[O]=[Ti+2]. The molecule has 0 spiro atoms. The average molecular weight is 402 g/mol. The van der Waals surface area contributed by atoms with Crippen LogP contribution in [0.1, 0.15) is 0 Å². The van der Waals surface area contributed by atoms with Gasteiger partial charge in [-0.1, -0.05) is 0 Å². The van der Waals surface area contributed by atoms with Gasteiger partial charge in [0.2, 0.25) is 0 Å². The van der Waals surface area contributed by atoms with Crippen LogP contribution in [0.4, 0.5) is 0 Å². The van der Waals surface area contributed by atoms with Crippen LogP contribution in [-0.4, -0.2) is 78.9 Å². The zero-order chi connectivity index (χ0) is 11.0. The van der Waals surface area contributed by atoms with Crippen molar-refractivity contribution in [1.29, 1.82) is 0 Å². The molecule has 0 unspecified atom stereocenters. The Kier molecular flexibility index (Phi) is 191. The van der Waals surface area contributed by atoms with E-state index in [1.807, 2.05) is 0 Å². The van der Waals surface area contributed by atoms with Crippen molar-refractivity contribution in [1.82, 2.24) is 0 Å². The molecular weight excluding hydrogens is 384 g/mol. The molecule has 0 aliphatic carbocycles. The molecular formula is H18O17S2Ti. The molecule has 0 aromatic carbocycles. The number of rotatable bonds is 0. The van der Waals surface area contributed by atoms with E-state index in [1.165, 1.54) is 0 Å². The van der Waals surface area contributed by atoms with Crippen LogP contribution in [0.25, 0.3) is 0 Å². The second-order valence-electron chi connectivity index (χ2n) is 0.856. The van der Waals surface area contributed by atoms with Crippen LogP contribution in [0.5, 0.6) is 0 Å². The first-order chi connectivity index (χ1) is 5.00. The van der Waals surface area contributed by atoms with Crippen LogP contribution >= 0.6 is 0 Å². The van der Waals surface area contributed by atoms with Crippen molar-refractivity contribution in [2.75, 3.05) is 0 Å². The molecule has 18 N–H and O–H groups in total. The van der Waals surface area contributed by atoms with Gasteiger partial charge in [-0.2, -0.15) is 8.42 Å². The van der Waals surface area contributed by atoms with Gasteiger partial charge < -0.3 is 52.9 Å². The van der Waals surface area contributed by atoms with Gasteiger partial charge >= 0.3 is 34.1 Å². The van der Waals surface area contributed by atoms with Crippen molar-refractivity contribution in [2.24, 2.45) is 0 Å². The molecule has 0 fully saturated rings. The van der Waals surface area contributed by atoms with Gasteiger partial charge in [0.05, 0.1) is 0 Å². The summed E-state index contributed by atoms with van der Waals surface area (Å²) < 4.78 is 73.9. The molecule has 0 atom stereocenters. The normalized spacial score (nSPS) is 6.10. The predicted molar refractivity (Wildman–Crippen MR) is 54.2 cm³/mol. The van der Waals surface area contributed by atoms with Gasteiger partial charge in [0.1, 0.15) is 0 Å². The van der Waals surface area contributed by atoms with Crippen molar-refractivity contribution in [3.05, 3.63) is 0 Å². The monoisotopic (exact) mass is 402 g/mol. The van der Waals surface area contributed by atoms with Crippen LogP contribution < -0.4 is 0 Å². The molecule has 0 saturated heterocycles. The first-order valence-corrected chi connectivity index (χ1v) is 4.94. The summed E-state index contributed by atoms with van der Waals surface area (Å²) in [5.74, 6) is 0. The van der Waals surface area contributed by atoms with E-state index in [0.717, 1.165) is 20.4 Å². The molecule has 0 aliphatic rings. The van der Waals surface area contributed by atoms with Crippen molar-refractivity contribution < 1.29 is 103 Å². The summed E-state index contributed by atoms with van der Waals surface area (Å²) in [6, 6.07) is 0. The van der Waals surface area contributed by atoms with E-state index in [2.05, 4.69) is 0 Å². The predicted octanol–water partition coefficient (Wildman–Crippen LogP) is -8.71. The summed E-state index contributed by atoms with van der Waals surface area (Å²) in [5.41, 5.74) is 0.